The van der Waals surface area contributed by atoms with Crippen molar-refractivity contribution >= 4 is 39.9 Å². The molecule has 0 bridgehead atoms. The number of hydrogen-bond donors (Lipinski definition) is 1. The van der Waals surface area contributed by atoms with Gasteiger partial charge in [-0.15, -0.1) is 0 Å². The highest BCUT2D eigenvalue weighted by Gasteiger charge is 2.08. The van der Waals surface area contributed by atoms with Crippen LogP contribution in [0.15, 0.2) is 41.7 Å². The number of aryl methyl sites for hydroxylation is 1. The summed E-state index contributed by atoms with van der Waals surface area (Å²) >= 11 is 12.0. The van der Waals surface area contributed by atoms with Gasteiger partial charge in [-0.3, -0.25) is 9.98 Å². The lowest BCUT2D eigenvalue weighted by Crippen LogP contribution is -2.04. The minimum absolute atomic E-state index is 0.537. The fraction of sp³-hybridized carbons (Fsp3) is 0.188. The predicted octanol–water partition coefficient (Wildman–Crippen LogP) is 4.32. The summed E-state index contributed by atoms with van der Waals surface area (Å²) < 4.78 is 0. The number of pyridine rings is 1. The number of H-pyrrole nitrogens is 1. The lowest BCUT2D eigenvalue weighted by molar-refractivity contribution is 0.939. The molecule has 0 saturated carbocycles. The van der Waals surface area contributed by atoms with Crippen LogP contribution in [-0.2, 0) is 6.42 Å². The number of nitrogens with zero attached hydrogens (tertiary/aromatic N) is 3. The molecule has 0 fully saturated rings. The molecule has 1 aromatic carbocycles. The summed E-state index contributed by atoms with van der Waals surface area (Å²) in [7, 11) is 1.78. The number of halogens is 2. The van der Waals surface area contributed by atoms with Crippen LogP contribution in [0.1, 0.15) is 17.8 Å². The highest BCUT2D eigenvalue weighted by atomic mass is 35.5. The Kier molecular flexibility index (Phi) is 4.41. The number of benzene rings is 1. The van der Waals surface area contributed by atoms with E-state index >= 15 is 0 Å². The van der Waals surface area contributed by atoms with Crippen molar-refractivity contribution in [3.63, 3.8) is 0 Å². The van der Waals surface area contributed by atoms with E-state index in [4.69, 9.17) is 23.2 Å². The predicted molar refractivity (Wildman–Crippen MR) is 91.1 cm³/mol. The molecule has 0 aliphatic carbocycles. The van der Waals surface area contributed by atoms with Crippen molar-refractivity contribution in [3.05, 3.63) is 58.1 Å². The van der Waals surface area contributed by atoms with E-state index < -0.39 is 0 Å². The molecule has 4 nitrogen and oxygen atoms in total. The van der Waals surface area contributed by atoms with Gasteiger partial charge in [0, 0.05) is 25.4 Å². The molecule has 0 aliphatic heterocycles. The van der Waals surface area contributed by atoms with Gasteiger partial charge in [0.2, 0.25) is 0 Å². The van der Waals surface area contributed by atoms with Crippen molar-refractivity contribution in [2.75, 3.05) is 7.05 Å². The van der Waals surface area contributed by atoms with Crippen molar-refractivity contribution < 1.29 is 0 Å². The number of aliphatic imine (C=N–C) groups is 1. The second kappa shape index (κ2) is 6.46. The minimum atomic E-state index is 0.537. The van der Waals surface area contributed by atoms with E-state index in [1.54, 1.807) is 25.5 Å². The summed E-state index contributed by atoms with van der Waals surface area (Å²) in [5.74, 6) is 0.921. The second-order valence-electron chi connectivity index (χ2n) is 4.88. The first kappa shape index (κ1) is 15.0. The number of aromatic nitrogens is 3. The Bertz CT molecular complexity index is 806. The first-order valence-electron chi connectivity index (χ1n) is 6.87. The van der Waals surface area contributed by atoms with Gasteiger partial charge in [-0.1, -0.05) is 29.3 Å². The van der Waals surface area contributed by atoms with Gasteiger partial charge in [0.1, 0.15) is 5.82 Å². The van der Waals surface area contributed by atoms with E-state index in [2.05, 4.69) is 19.9 Å². The normalized spacial score (nSPS) is 12.0. The van der Waals surface area contributed by atoms with Crippen LogP contribution in [0, 0.1) is 0 Å². The zero-order valence-electron chi connectivity index (χ0n) is 12.0. The maximum atomic E-state index is 6.07. The van der Waals surface area contributed by atoms with E-state index in [9.17, 15) is 0 Å². The molecule has 1 N–H and O–H groups in total. The van der Waals surface area contributed by atoms with Gasteiger partial charge < -0.3 is 4.98 Å². The molecule has 3 aromatic rings. The molecule has 0 spiro atoms. The molecule has 6 heteroatoms. The maximum Gasteiger partial charge on any atom is 0.107 e. The van der Waals surface area contributed by atoms with Crippen LogP contribution < -0.4 is 0 Å². The average molecular weight is 333 g/mol. The molecule has 112 valence electrons. The Balaban J connectivity index is 1.77. The first-order chi connectivity index (χ1) is 10.7. The summed E-state index contributed by atoms with van der Waals surface area (Å²) in [5, 5.41) is 1.08. The maximum absolute atomic E-state index is 6.07. The minimum Gasteiger partial charge on any atom is -0.341 e. The van der Waals surface area contributed by atoms with E-state index in [1.165, 1.54) is 0 Å². The van der Waals surface area contributed by atoms with Crippen molar-refractivity contribution in [1.82, 2.24) is 15.0 Å². The van der Waals surface area contributed by atoms with Gasteiger partial charge in [0.15, 0.2) is 0 Å². The second-order valence-corrected chi connectivity index (χ2v) is 5.69. The van der Waals surface area contributed by atoms with Crippen LogP contribution in [-0.4, -0.2) is 27.7 Å². The average Bonchev–Trinajstić information content (AvgIpc) is 2.94. The van der Waals surface area contributed by atoms with E-state index in [0.29, 0.717) is 10.0 Å². The molecule has 0 atom stereocenters. The first-order valence-corrected chi connectivity index (χ1v) is 7.62. The van der Waals surface area contributed by atoms with Crippen molar-refractivity contribution in [2.24, 2.45) is 4.99 Å². The smallest absolute Gasteiger partial charge is 0.107 e. The quantitative estimate of drug-likeness (QED) is 0.723. The van der Waals surface area contributed by atoms with E-state index in [1.807, 2.05) is 18.2 Å². The molecule has 22 heavy (non-hydrogen) atoms. The third-order valence-electron chi connectivity index (χ3n) is 3.45. The van der Waals surface area contributed by atoms with Crippen LogP contribution in [0.5, 0.6) is 0 Å². The molecule has 2 heterocycles. The molecule has 0 saturated heterocycles. The van der Waals surface area contributed by atoms with Gasteiger partial charge in [-0.05, 0) is 30.2 Å². The summed E-state index contributed by atoms with van der Waals surface area (Å²) in [6.45, 7) is 0. The summed E-state index contributed by atoms with van der Waals surface area (Å²) in [4.78, 5) is 16.3. The number of hydrogen-bond acceptors (Lipinski definition) is 3. The molecule has 3 rings (SSSR count). The Morgan fingerprint density at radius 1 is 1.23 bits per heavy atom. The molecule has 2 aromatic heterocycles. The molecule has 0 unspecified atom stereocenters. The van der Waals surface area contributed by atoms with Crippen LogP contribution in [0.25, 0.3) is 11.0 Å². The van der Waals surface area contributed by atoms with E-state index in [-0.39, 0.29) is 0 Å². The lowest BCUT2D eigenvalue weighted by atomic mass is 10.1. The van der Waals surface area contributed by atoms with Crippen LogP contribution >= 0.6 is 23.2 Å². The van der Waals surface area contributed by atoms with Crippen molar-refractivity contribution in [2.45, 2.75) is 12.8 Å². The number of imidazole rings is 1. The summed E-state index contributed by atoms with van der Waals surface area (Å²) in [5.41, 5.74) is 3.82. The highest BCUT2D eigenvalue weighted by molar-refractivity contribution is 6.42. The molecular formula is C16H14Cl2N4. The fourth-order valence-electron chi connectivity index (χ4n) is 2.33. The van der Waals surface area contributed by atoms with Crippen LogP contribution in [0.3, 0.4) is 0 Å². The van der Waals surface area contributed by atoms with Gasteiger partial charge in [-0.2, -0.15) is 0 Å². The molecule has 0 amide bonds. The molecule has 0 radical (unpaired) electrons. The largest absolute Gasteiger partial charge is 0.341 e. The Morgan fingerprint density at radius 3 is 2.82 bits per heavy atom. The third kappa shape index (κ3) is 3.13. The number of aromatic amines is 1. The Morgan fingerprint density at radius 2 is 2.09 bits per heavy atom. The lowest BCUT2D eigenvalue weighted by Gasteiger charge is -2.06. The van der Waals surface area contributed by atoms with Crippen LogP contribution in [0.4, 0.5) is 0 Å². The fourth-order valence-corrected chi connectivity index (χ4v) is 2.62. The summed E-state index contributed by atoms with van der Waals surface area (Å²) in [6.07, 6.45) is 5.05. The van der Waals surface area contributed by atoms with E-state index in [0.717, 1.165) is 41.0 Å². The van der Waals surface area contributed by atoms with Gasteiger partial charge in [0.05, 0.1) is 27.3 Å². The monoisotopic (exact) mass is 332 g/mol. The van der Waals surface area contributed by atoms with Gasteiger partial charge in [-0.25, -0.2) is 4.98 Å². The highest BCUT2D eigenvalue weighted by Crippen LogP contribution is 2.23. The van der Waals surface area contributed by atoms with Gasteiger partial charge in [0.25, 0.3) is 0 Å². The molecule has 0 aliphatic rings. The molecular weight excluding hydrogens is 319 g/mol. The zero-order chi connectivity index (χ0) is 15.5. The SMILES string of the molecule is CN=C(CCc1nc2ccncc2[nH]1)c1ccc(Cl)c(Cl)c1. The third-order valence-corrected chi connectivity index (χ3v) is 4.19. The number of nitrogens with one attached hydrogen (secondary N) is 1. The van der Waals surface area contributed by atoms with Crippen LogP contribution in [0.2, 0.25) is 10.0 Å². The zero-order valence-corrected chi connectivity index (χ0v) is 13.5. The summed E-state index contributed by atoms with van der Waals surface area (Å²) in [6, 6.07) is 7.45. The standard InChI is InChI=1S/C16H14Cl2N4/c1-19-13(10-2-3-11(17)12(18)8-10)4-5-16-21-14-6-7-20-9-15(14)22-16/h2-3,6-9H,4-5H2,1H3,(H,21,22). The Labute approximate surface area is 138 Å². The van der Waals surface area contributed by atoms with Crippen molar-refractivity contribution in [1.29, 1.82) is 0 Å². The van der Waals surface area contributed by atoms with Crippen molar-refractivity contribution in [3.8, 4) is 0 Å². The Hall–Kier alpha value is -1.91. The topological polar surface area (TPSA) is 53.9 Å². The number of fused-ring (bicyclic) bond motifs is 1. The van der Waals surface area contributed by atoms with Gasteiger partial charge >= 0.3 is 0 Å². The number of rotatable bonds is 4.